The lowest BCUT2D eigenvalue weighted by Crippen LogP contribution is -2.00. The molecule has 2 rings (SSSR count). The third-order valence-electron chi connectivity index (χ3n) is 2.13. The Hall–Kier alpha value is -1.07. The Bertz CT molecular complexity index is 518. The molecule has 0 amide bonds. The fourth-order valence-corrected chi connectivity index (χ4v) is 1.94. The molecule has 0 saturated heterocycles. The molecule has 0 unspecified atom stereocenters. The topological polar surface area (TPSA) is 51.6 Å². The van der Waals surface area contributed by atoms with Crippen LogP contribution >= 0.6 is 27.5 Å². The largest absolute Gasteiger partial charge is 0.234 e. The molecule has 0 spiro atoms. The van der Waals surface area contributed by atoms with Crippen molar-refractivity contribution < 1.29 is 0 Å². The average Bonchev–Trinajstić information content (AvgIpc) is 2.36. The molecule has 2 aromatic heterocycles. The smallest absolute Gasteiger partial charge is 0.199 e. The summed E-state index contributed by atoms with van der Waals surface area (Å²) in [6, 6.07) is 1.75. The highest BCUT2D eigenvalue weighted by Gasteiger charge is 2.12. The van der Waals surface area contributed by atoms with E-state index in [4.69, 9.17) is 11.6 Å². The normalized spacial score (nSPS) is 10.5. The molecular weight excluding hydrogens is 304 g/mol. The molecule has 0 bridgehead atoms. The third-order valence-corrected chi connectivity index (χ3v) is 3.47. The summed E-state index contributed by atoms with van der Waals surface area (Å²) in [5.74, 6) is 0.946. The molecule has 0 aliphatic heterocycles. The van der Waals surface area contributed by atoms with Gasteiger partial charge in [0, 0.05) is 12.4 Å². The van der Waals surface area contributed by atoms with E-state index in [1.54, 1.807) is 18.5 Å². The minimum atomic E-state index is 0.394. The van der Waals surface area contributed by atoms with Gasteiger partial charge in [0.2, 0.25) is 0 Å². The Morgan fingerprint density at radius 1 is 1.18 bits per heavy atom. The minimum Gasteiger partial charge on any atom is -0.234 e. The Morgan fingerprint density at radius 3 is 2.53 bits per heavy atom. The maximum absolute atomic E-state index is 6.05. The molecule has 0 fully saturated rings. The summed E-state index contributed by atoms with van der Waals surface area (Å²) in [5.41, 5.74) is 0.884. The first-order valence-electron chi connectivity index (χ1n) is 5.21. The average molecular weight is 314 g/mol. The van der Waals surface area contributed by atoms with Crippen LogP contribution in [0, 0.1) is 0 Å². The Balaban J connectivity index is 2.49. The highest BCUT2D eigenvalue weighted by atomic mass is 79.9. The van der Waals surface area contributed by atoms with Gasteiger partial charge in [0.15, 0.2) is 11.6 Å². The second-order valence-electron chi connectivity index (χ2n) is 3.42. The maximum atomic E-state index is 6.05. The molecule has 6 heteroatoms. The Labute approximate surface area is 113 Å². The van der Waals surface area contributed by atoms with Crippen molar-refractivity contribution in [2.45, 2.75) is 19.8 Å². The molecular formula is C11H10BrClN4. The molecule has 2 aromatic rings. The quantitative estimate of drug-likeness (QED) is 0.816. The van der Waals surface area contributed by atoms with Crippen molar-refractivity contribution in [1.29, 1.82) is 0 Å². The Morgan fingerprint density at radius 2 is 1.88 bits per heavy atom. The first kappa shape index (κ1) is 12.4. The summed E-state index contributed by atoms with van der Waals surface area (Å²) in [6.45, 7) is 2.08. The second kappa shape index (κ2) is 5.51. The number of halogens is 2. The van der Waals surface area contributed by atoms with Gasteiger partial charge in [0.25, 0.3) is 0 Å². The molecule has 0 atom stereocenters. The number of rotatable bonds is 3. The van der Waals surface area contributed by atoms with Crippen LogP contribution in [-0.2, 0) is 6.42 Å². The van der Waals surface area contributed by atoms with E-state index in [0.717, 1.165) is 23.0 Å². The summed E-state index contributed by atoms with van der Waals surface area (Å²) in [7, 11) is 0. The lowest BCUT2D eigenvalue weighted by atomic mass is 10.2. The first-order chi connectivity index (χ1) is 8.22. The van der Waals surface area contributed by atoms with Gasteiger partial charge in [-0.25, -0.2) is 19.9 Å². The monoisotopic (exact) mass is 312 g/mol. The van der Waals surface area contributed by atoms with E-state index >= 15 is 0 Å². The lowest BCUT2D eigenvalue weighted by molar-refractivity contribution is 0.864. The Kier molecular flexibility index (Phi) is 4.02. The molecule has 88 valence electrons. The van der Waals surface area contributed by atoms with Crippen molar-refractivity contribution in [1.82, 2.24) is 19.9 Å². The molecule has 0 N–H and O–H groups in total. The highest BCUT2D eigenvalue weighted by molar-refractivity contribution is 9.10. The van der Waals surface area contributed by atoms with Crippen molar-refractivity contribution in [3.63, 3.8) is 0 Å². The summed E-state index contributed by atoms with van der Waals surface area (Å²) in [4.78, 5) is 16.8. The molecule has 2 heterocycles. The number of aryl methyl sites for hydroxylation is 1. The van der Waals surface area contributed by atoms with Crippen LogP contribution in [0.15, 0.2) is 22.9 Å². The third kappa shape index (κ3) is 2.79. The van der Waals surface area contributed by atoms with E-state index in [0.29, 0.717) is 16.8 Å². The van der Waals surface area contributed by atoms with Gasteiger partial charge in [0.05, 0.1) is 10.2 Å². The van der Waals surface area contributed by atoms with Gasteiger partial charge >= 0.3 is 0 Å². The van der Waals surface area contributed by atoms with Crippen LogP contribution in [0.3, 0.4) is 0 Å². The zero-order valence-corrected chi connectivity index (χ0v) is 11.5. The van der Waals surface area contributed by atoms with E-state index < -0.39 is 0 Å². The maximum Gasteiger partial charge on any atom is 0.199 e. The van der Waals surface area contributed by atoms with Crippen LogP contribution < -0.4 is 0 Å². The van der Waals surface area contributed by atoms with Gasteiger partial charge in [-0.1, -0.05) is 24.9 Å². The first-order valence-corrected chi connectivity index (χ1v) is 6.38. The molecule has 0 aromatic carbocycles. The summed E-state index contributed by atoms with van der Waals surface area (Å²) in [6.07, 6.45) is 5.13. The molecule has 0 aliphatic rings. The van der Waals surface area contributed by atoms with Crippen LogP contribution in [0.2, 0.25) is 5.15 Å². The number of nitrogens with zero attached hydrogens (tertiary/aromatic N) is 4. The SMILES string of the molecule is CCCc1nc(-c2ncccn2)nc(Cl)c1Br. The fourth-order valence-electron chi connectivity index (χ4n) is 1.38. The van der Waals surface area contributed by atoms with Gasteiger partial charge < -0.3 is 0 Å². The van der Waals surface area contributed by atoms with E-state index in [-0.39, 0.29) is 0 Å². The van der Waals surface area contributed by atoms with Crippen LogP contribution in [0.1, 0.15) is 19.0 Å². The highest BCUT2D eigenvalue weighted by Crippen LogP contribution is 2.26. The van der Waals surface area contributed by atoms with E-state index in [1.807, 2.05) is 0 Å². The van der Waals surface area contributed by atoms with Crippen molar-refractivity contribution in [3.8, 4) is 11.6 Å². The van der Waals surface area contributed by atoms with Crippen molar-refractivity contribution >= 4 is 27.5 Å². The molecule has 0 saturated carbocycles. The predicted molar refractivity (Wildman–Crippen MR) is 69.8 cm³/mol. The van der Waals surface area contributed by atoms with E-state index in [9.17, 15) is 0 Å². The van der Waals surface area contributed by atoms with Gasteiger partial charge in [-0.05, 0) is 28.4 Å². The number of hydrogen-bond acceptors (Lipinski definition) is 4. The summed E-state index contributed by atoms with van der Waals surface area (Å²) >= 11 is 9.44. The summed E-state index contributed by atoms with van der Waals surface area (Å²) in [5, 5.41) is 0.394. The van der Waals surface area contributed by atoms with Gasteiger partial charge in [-0.15, -0.1) is 0 Å². The van der Waals surface area contributed by atoms with Crippen LogP contribution in [-0.4, -0.2) is 19.9 Å². The minimum absolute atomic E-state index is 0.394. The van der Waals surface area contributed by atoms with Crippen molar-refractivity contribution in [2.75, 3.05) is 0 Å². The summed E-state index contributed by atoms with van der Waals surface area (Å²) < 4.78 is 0.751. The molecule has 0 aliphatic carbocycles. The van der Waals surface area contributed by atoms with Crippen molar-refractivity contribution in [3.05, 3.63) is 33.8 Å². The molecule has 17 heavy (non-hydrogen) atoms. The van der Waals surface area contributed by atoms with Crippen LogP contribution in [0.25, 0.3) is 11.6 Å². The van der Waals surface area contributed by atoms with Gasteiger partial charge in [-0.3, -0.25) is 0 Å². The zero-order valence-electron chi connectivity index (χ0n) is 9.19. The fraction of sp³-hybridized carbons (Fsp3) is 0.273. The van der Waals surface area contributed by atoms with E-state index in [1.165, 1.54) is 0 Å². The number of hydrogen-bond donors (Lipinski definition) is 0. The lowest BCUT2D eigenvalue weighted by Gasteiger charge is -2.06. The molecule has 4 nitrogen and oxygen atoms in total. The van der Waals surface area contributed by atoms with Crippen LogP contribution in [0.4, 0.5) is 0 Å². The standard InChI is InChI=1S/C11H10BrClN4/c1-2-4-7-8(12)9(13)17-11(16-7)10-14-5-3-6-15-10/h3,5-6H,2,4H2,1H3. The predicted octanol–water partition coefficient (Wildman–Crippen LogP) is 3.30. The van der Waals surface area contributed by atoms with Gasteiger partial charge in [0.1, 0.15) is 5.15 Å². The van der Waals surface area contributed by atoms with Gasteiger partial charge in [-0.2, -0.15) is 0 Å². The van der Waals surface area contributed by atoms with Crippen LogP contribution in [0.5, 0.6) is 0 Å². The molecule has 0 radical (unpaired) electrons. The van der Waals surface area contributed by atoms with Crippen molar-refractivity contribution in [2.24, 2.45) is 0 Å². The zero-order chi connectivity index (χ0) is 12.3. The number of aromatic nitrogens is 4. The van der Waals surface area contributed by atoms with E-state index in [2.05, 4.69) is 42.8 Å². The second-order valence-corrected chi connectivity index (χ2v) is 4.57.